The molecule has 2 heterocycles. The molecule has 0 spiro atoms. The van der Waals surface area contributed by atoms with Gasteiger partial charge in [-0.1, -0.05) is 15.9 Å². The third kappa shape index (κ3) is 3.87. The highest BCUT2D eigenvalue weighted by Crippen LogP contribution is 2.31. The van der Waals surface area contributed by atoms with Crippen molar-refractivity contribution in [1.29, 1.82) is 0 Å². The smallest absolute Gasteiger partial charge is 0.222 e. The standard InChI is InChI=1S/C18H18BrN5O/c19-12-10-15-17(21-9-8-20-15)16(11-12)25-14-4-2-13(3-5-14)24-18-22-6-1-7-23-18/h1,6-11,13-14H,2-5H2,(H,22,23,24)/t13-,14+. The predicted molar refractivity (Wildman–Crippen MR) is 99.6 cm³/mol. The first-order valence-electron chi connectivity index (χ1n) is 8.38. The maximum Gasteiger partial charge on any atom is 0.222 e. The van der Waals surface area contributed by atoms with Gasteiger partial charge in [0.1, 0.15) is 11.3 Å². The molecule has 1 aromatic carbocycles. The largest absolute Gasteiger partial charge is 0.488 e. The molecule has 1 aliphatic rings. The highest BCUT2D eigenvalue weighted by Gasteiger charge is 2.23. The quantitative estimate of drug-likeness (QED) is 0.714. The SMILES string of the molecule is Brc1cc(O[C@H]2CC[C@@H](Nc3ncccn3)CC2)c2nccnc2c1. The molecular weight excluding hydrogens is 382 g/mol. The van der Waals surface area contributed by atoms with Crippen LogP contribution in [-0.2, 0) is 0 Å². The highest BCUT2D eigenvalue weighted by molar-refractivity contribution is 9.10. The molecule has 0 atom stereocenters. The third-order valence-corrected chi connectivity index (χ3v) is 4.83. The Balaban J connectivity index is 1.41. The normalized spacial score (nSPS) is 20.4. The summed E-state index contributed by atoms with van der Waals surface area (Å²) in [6, 6.07) is 6.14. The molecular formula is C18H18BrN5O. The number of nitrogens with one attached hydrogen (secondary N) is 1. The van der Waals surface area contributed by atoms with Gasteiger partial charge in [-0.3, -0.25) is 4.98 Å². The van der Waals surface area contributed by atoms with Gasteiger partial charge in [-0.25, -0.2) is 15.0 Å². The Labute approximate surface area is 154 Å². The van der Waals surface area contributed by atoms with E-state index >= 15 is 0 Å². The molecule has 1 N–H and O–H groups in total. The van der Waals surface area contributed by atoms with E-state index in [1.165, 1.54) is 0 Å². The van der Waals surface area contributed by atoms with Crippen molar-refractivity contribution in [2.75, 3.05) is 5.32 Å². The van der Waals surface area contributed by atoms with E-state index in [0.717, 1.165) is 46.9 Å². The zero-order valence-corrected chi connectivity index (χ0v) is 15.2. The van der Waals surface area contributed by atoms with Crippen LogP contribution in [0.1, 0.15) is 25.7 Å². The molecule has 7 heteroatoms. The van der Waals surface area contributed by atoms with Crippen molar-refractivity contribution in [2.45, 2.75) is 37.8 Å². The molecule has 0 saturated heterocycles. The van der Waals surface area contributed by atoms with Crippen LogP contribution >= 0.6 is 15.9 Å². The van der Waals surface area contributed by atoms with E-state index in [0.29, 0.717) is 12.0 Å². The first-order valence-corrected chi connectivity index (χ1v) is 9.18. The van der Waals surface area contributed by atoms with Crippen molar-refractivity contribution in [3.63, 3.8) is 0 Å². The first-order chi connectivity index (χ1) is 12.3. The lowest BCUT2D eigenvalue weighted by Crippen LogP contribution is -2.31. The fourth-order valence-corrected chi connectivity index (χ4v) is 3.59. The number of anilines is 1. The Morgan fingerprint density at radius 2 is 1.68 bits per heavy atom. The van der Waals surface area contributed by atoms with Gasteiger partial charge in [-0.05, 0) is 43.9 Å². The number of ether oxygens (including phenoxy) is 1. The Kier molecular flexibility index (Phi) is 4.74. The molecule has 0 amide bonds. The molecule has 6 nitrogen and oxygen atoms in total. The van der Waals surface area contributed by atoms with Gasteiger partial charge < -0.3 is 10.1 Å². The monoisotopic (exact) mass is 399 g/mol. The van der Waals surface area contributed by atoms with Crippen LogP contribution in [0.4, 0.5) is 5.95 Å². The van der Waals surface area contributed by atoms with Gasteiger partial charge in [0.15, 0.2) is 0 Å². The summed E-state index contributed by atoms with van der Waals surface area (Å²) in [7, 11) is 0. The van der Waals surface area contributed by atoms with Crippen LogP contribution in [0, 0.1) is 0 Å². The molecule has 1 aliphatic carbocycles. The van der Waals surface area contributed by atoms with Gasteiger partial charge in [0, 0.05) is 35.3 Å². The zero-order valence-electron chi connectivity index (χ0n) is 13.6. The number of fused-ring (bicyclic) bond motifs is 1. The second-order valence-corrected chi connectivity index (χ2v) is 7.05. The van der Waals surface area contributed by atoms with E-state index < -0.39 is 0 Å². The average molecular weight is 400 g/mol. The van der Waals surface area contributed by atoms with Crippen molar-refractivity contribution >= 4 is 32.9 Å². The maximum absolute atomic E-state index is 6.26. The second kappa shape index (κ2) is 7.31. The maximum atomic E-state index is 6.26. The molecule has 1 saturated carbocycles. The van der Waals surface area contributed by atoms with Crippen molar-refractivity contribution in [3.05, 3.63) is 47.5 Å². The van der Waals surface area contributed by atoms with Crippen LogP contribution < -0.4 is 10.1 Å². The summed E-state index contributed by atoms with van der Waals surface area (Å²) in [5, 5.41) is 3.40. The summed E-state index contributed by atoms with van der Waals surface area (Å²) < 4.78 is 7.21. The van der Waals surface area contributed by atoms with Gasteiger partial charge >= 0.3 is 0 Å². The second-order valence-electron chi connectivity index (χ2n) is 6.14. The van der Waals surface area contributed by atoms with Crippen LogP contribution in [0.2, 0.25) is 0 Å². The molecule has 4 rings (SSSR count). The Hall–Kier alpha value is -2.28. The van der Waals surface area contributed by atoms with Gasteiger partial charge in [-0.2, -0.15) is 0 Å². The van der Waals surface area contributed by atoms with Crippen molar-refractivity contribution in [3.8, 4) is 5.75 Å². The first kappa shape index (κ1) is 16.2. The van der Waals surface area contributed by atoms with Crippen LogP contribution in [0.15, 0.2) is 47.5 Å². The molecule has 0 radical (unpaired) electrons. The molecule has 25 heavy (non-hydrogen) atoms. The van der Waals surface area contributed by atoms with Crippen molar-refractivity contribution in [1.82, 2.24) is 19.9 Å². The predicted octanol–water partition coefficient (Wildman–Crippen LogP) is 3.98. The number of rotatable bonds is 4. The zero-order chi connectivity index (χ0) is 17.1. The number of aromatic nitrogens is 4. The van der Waals surface area contributed by atoms with E-state index in [1.807, 2.05) is 18.2 Å². The minimum absolute atomic E-state index is 0.189. The number of hydrogen-bond acceptors (Lipinski definition) is 6. The van der Waals surface area contributed by atoms with Crippen LogP contribution in [0.3, 0.4) is 0 Å². The summed E-state index contributed by atoms with van der Waals surface area (Å²) >= 11 is 3.52. The molecule has 0 bridgehead atoms. The minimum atomic E-state index is 0.189. The van der Waals surface area contributed by atoms with E-state index in [2.05, 4.69) is 41.2 Å². The van der Waals surface area contributed by atoms with Gasteiger partial charge in [-0.15, -0.1) is 0 Å². The lowest BCUT2D eigenvalue weighted by Gasteiger charge is -2.29. The fourth-order valence-electron chi connectivity index (χ4n) is 3.16. The van der Waals surface area contributed by atoms with Crippen molar-refractivity contribution in [2.24, 2.45) is 0 Å². The summed E-state index contributed by atoms with van der Waals surface area (Å²) in [5.41, 5.74) is 1.65. The Morgan fingerprint density at radius 1 is 0.920 bits per heavy atom. The van der Waals surface area contributed by atoms with Gasteiger partial charge in [0.05, 0.1) is 11.6 Å². The van der Waals surface area contributed by atoms with Gasteiger partial charge in [0.2, 0.25) is 5.95 Å². The Bertz CT molecular complexity index is 852. The van der Waals surface area contributed by atoms with E-state index in [-0.39, 0.29) is 6.10 Å². The summed E-state index contributed by atoms with van der Waals surface area (Å²) in [4.78, 5) is 17.2. The average Bonchev–Trinajstić information content (AvgIpc) is 2.64. The number of nitrogens with zero attached hydrogens (tertiary/aromatic N) is 4. The van der Waals surface area contributed by atoms with Crippen LogP contribution in [0.25, 0.3) is 11.0 Å². The molecule has 128 valence electrons. The molecule has 0 unspecified atom stereocenters. The van der Waals surface area contributed by atoms with E-state index in [9.17, 15) is 0 Å². The summed E-state index contributed by atoms with van der Waals surface area (Å²) in [6.07, 6.45) is 11.1. The third-order valence-electron chi connectivity index (χ3n) is 4.37. The highest BCUT2D eigenvalue weighted by atomic mass is 79.9. The number of hydrogen-bond donors (Lipinski definition) is 1. The number of halogens is 1. The number of benzene rings is 1. The fraction of sp³-hybridized carbons (Fsp3) is 0.333. The van der Waals surface area contributed by atoms with E-state index in [4.69, 9.17) is 4.74 Å². The Morgan fingerprint density at radius 3 is 2.48 bits per heavy atom. The molecule has 2 aromatic heterocycles. The summed E-state index contributed by atoms with van der Waals surface area (Å²) in [6.45, 7) is 0. The molecule has 1 fully saturated rings. The summed E-state index contributed by atoms with van der Waals surface area (Å²) in [5.74, 6) is 1.49. The molecule has 0 aliphatic heterocycles. The van der Waals surface area contributed by atoms with Crippen molar-refractivity contribution < 1.29 is 4.74 Å². The van der Waals surface area contributed by atoms with E-state index in [1.54, 1.807) is 24.8 Å². The van der Waals surface area contributed by atoms with Gasteiger partial charge in [0.25, 0.3) is 0 Å². The lowest BCUT2D eigenvalue weighted by molar-refractivity contribution is 0.151. The van der Waals surface area contributed by atoms with Crippen LogP contribution in [0.5, 0.6) is 5.75 Å². The molecule has 3 aromatic rings. The van der Waals surface area contributed by atoms with Crippen LogP contribution in [-0.4, -0.2) is 32.1 Å². The topological polar surface area (TPSA) is 72.8 Å². The minimum Gasteiger partial charge on any atom is -0.488 e. The lowest BCUT2D eigenvalue weighted by atomic mass is 9.93.